The quantitative estimate of drug-likeness (QED) is 0.641. The Balaban J connectivity index is 2.19. The molecule has 0 unspecified atom stereocenters. The largest absolute Gasteiger partial charge is 0.450 e. The maximum atomic E-state index is 12.1. The normalized spacial score (nSPS) is 11.0. The second-order valence-corrected chi connectivity index (χ2v) is 5.42. The predicted octanol–water partition coefficient (Wildman–Crippen LogP) is 4.55. The Morgan fingerprint density at radius 2 is 2.19 bits per heavy atom. The first kappa shape index (κ1) is 15.4. The van der Waals surface area contributed by atoms with Crippen LogP contribution < -0.4 is 5.32 Å². The molecule has 6 heteroatoms. The van der Waals surface area contributed by atoms with Gasteiger partial charge in [0.1, 0.15) is 17.4 Å². The van der Waals surface area contributed by atoms with E-state index in [1.165, 1.54) is 6.08 Å². The fraction of sp³-hybridized carbons (Fsp3) is 0.0667. The molecule has 0 bridgehead atoms. The van der Waals surface area contributed by atoms with Crippen LogP contribution in [0.15, 0.2) is 45.0 Å². The van der Waals surface area contributed by atoms with Crippen molar-refractivity contribution < 1.29 is 9.21 Å². The van der Waals surface area contributed by atoms with Crippen molar-refractivity contribution >= 4 is 45.2 Å². The van der Waals surface area contributed by atoms with Gasteiger partial charge < -0.3 is 9.73 Å². The third kappa shape index (κ3) is 3.97. The molecule has 0 saturated carbocycles. The third-order valence-corrected chi connectivity index (χ3v) is 3.51. The minimum absolute atomic E-state index is 0.0615. The molecule has 1 amide bonds. The number of aryl methyl sites for hydroxylation is 1. The molecular formula is C15H10BrClN2O2. The van der Waals surface area contributed by atoms with E-state index in [4.69, 9.17) is 21.3 Å². The molecule has 21 heavy (non-hydrogen) atoms. The zero-order chi connectivity index (χ0) is 15.4. The first-order valence-electron chi connectivity index (χ1n) is 5.94. The number of nitrogens with zero attached hydrogens (tertiary/aromatic N) is 1. The van der Waals surface area contributed by atoms with Gasteiger partial charge in [0, 0.05) is 16.8 Å². The summed E-state index contributed by atoms with van der Waals surface area (Å²) in [5.74, 6) is -0.111. The van der Waals surface area contributed by atoms with Gasteiger partial charge in [-0.05, 0) is 52.7 Å². The van der Waals surface area contributed by atoms with Crippen molar-refractivity contribution in [2.45, 2.75) is 6.92 Å². The molecule has 106 valence electrons. The van der Waals surface area contributed by atoms with Crippen molar-refractivity contribution in [3.05, 3.63) is 56.9 Å². The van der Waals surface area contributed by atoms with Gasteiger partial charge in [-0.15, -0.1) is 0 Å². The Kier molecular flexibility index (Phi) is 4.84. The smallest absolute Gasteiger partial charge is 0.266 e. The highest BCUT2D eigenvalue weighted by Crippen LogP contribution is 2.21. The number of hydrogen-bond donors (Lipinski definition) is 1. The summed E-state index contributed by atoms with van der Waals surface area (Å²) < 4.78 is 5.76. The second-order valence-electron chi connectivity index (χ2n) is 4.23. The van der Waals surface area contributed by atoms with Crippen LogP contribution >= 0.6 is 27.5 Å². The fourth-order valence-corrected chi connectivity index (χ4v) is 2.07. The van der Waals surface area contributed by atoms with Gasteiger partial charge in [-0.2, -0.15) is 5.26 Å². The number of hydrogen-bond acceptors (Lipinski definition) is 3. The standard InChI is InChI=1S/C15H10BrClN2O2/c1-9-2-3-11(7-13(9)17)19-15(20)10(8-18)6-12-4-5-14(16)21-12/h2-7H,1H3,(H,19,20)/b10-6+. The SMILES string of the molecule is Cc1ccc(NC(=O)/C(C#N)=C/c2ccc(Br)o2)cc1Cl. The van der Waals surface area contributed by atoms with Crippen LogP contribution in [0, 0.1) is 18.3 Å². The van der Waals surface area contributed by atoms with Crippen molar-refractivity contribution in [2.24, 2.45) is 0 Å². The van der Waals surface area contributed by atoms with E-state index < -0.39 is 5.91 Å². The van der Waals surface area contributed by atoms with E-state index in [-0.39, 0.29) is 5.57 Å². The highest BCUT2D eigenvalue weighted by molar-refractivity contribution is 9.10. The van der Waals surface area contributed by atoms with E-state index in [1.54, 1.807) is 30.3 Å². The van der Waals surface area contributed by atoms with E-state index in [0.29, 0.717) is 21.1 Å². The van der Waals surface area contributed by atoms with Crippen molar-refractivity contribution in [2.75, 3.05) is 5.32 Å². The molecule has 0 aliphatic heterocycles. The van der Waals surface area contributed by atoms with Crippen LogP contribution in [0.4, 0.5) is 5.69 Å². The number of halogens is 2. The topological polar surface area (TPSA) is 66.0 Å². The van der Waals surface area contributed by atoms with Crippen LogP contribution in [0.25, 0.3) is 6.08 Å². The number of rotatable bonds is 3. The lowest BCUT2D eigenvalue weighted by Crippen LogP contribution is -2.13. The van der Waals surface area contributed by atoms with Crippen LogP contribution in [-0.4, -0.2) is 5.91 Å². The third-order valence-electron chi connectivity index (χ3n) is 2.68. The lowest BCUT2D eigenvalue weighted by Gasteiger charge is -2.05. The van der Waals surface area contributed by atoms with Crippen LogP contribution in [0.2, 0.25) is 5.02 Å². The molecule has 0 fully saturated rings. The first-order chi connectivity index (χ1) is 9.99. The Labute approximate surface area is 135 Å². The highest BCUT2D eigenvalue weighted by Gasteiger charge is 2.11. The van der Waals surface area contributed by atoms with Gasteiger partial charge >= 0.3 is 0 Å². The molecule has 2 aromatic rings. The molecule has 1 N–H and O–H groups in total. The summed E-state index contributed by atoms with van der Waals surface area (Å²) in [5.41, 5.74) is 1.37. The van der Waals surface area contributed by atoms with Gasteiger partial charge in [0.2, 0.25) is 0 Å². The summed E-state index contributed by atoms with van der Waals surface area (Å²) >= 11 is 9.15. The Bertz CT molecular complexity index is 759. The number of nitriles is 1. The van der Waals surface area contributed by atoms with Gasteiger partial charge in [-0.1, -0.05) is 17.7 Å². The van der Waals surface area contributed by atoms with Gasteiger partial charge in [-0.25, -0.2) is 0 Å². The Hall–Kier alpha value is -2.03. The Morgan fingerprint density at radius 3 is 2.76 bits per heavy atom. The molecule has 1 aromatic carbocycles. The number of carbonyl (C=O) groups is 1. The van der Waals surface area contributed by atoms with Crippen molar-refractivity contribution in [1.29, 1.82) is 5.26 Å². The number of nitrogens with one attached hydrogen (secondary N) is 1. The lowest BCUT2D eigenvalue weighted by atomic mass is 10.2. The maximum Gasteiger partial charge on any atom is 0.266 e. The summed E-state index contributed by atoms with van der Waals surface area (Å²) in [7, 11) is 0. The fourth-order valence-electron chi connectivity index (χ4n) is 1.57. The lowest BCUT2D eigenvalue weighted by molar-refractivity contribution is -0.112. The predicted molar refractivity (Wildman–Crippen MR) is 84.8 cm³/mol. The average Bonchev–Trinajstić information content (AvgIpc) is 2.85. The van der Waals surface area contributed by atoms with E-state index >= 15 is 0 Å². The number of amides is 1. The molecule has 0 atom stereocenters. The minimum atomic E-state index is -0.523. The van der Waals surface area contributed by atoms with Crippen molar-refractivity contribution in [3.8, 4) is 6.07 Å². The minimum Gasteiger partial charge on any atom is -0.450 e. The van der Waals surface area contributed by atoms with Crippen molar-refractivity contribution in [1.82, 2.24) is 0 Å². The summed E-state index contributed by atoms with van der Waals surface area (Å²) in [4.78, 5) is 12.1. The highest BCUT2D eigenvalue weighted by atomic mass is 79.9. The summed E-state index contributed by atoms with van der Waals surface area (Å²) in [5, 5.41) is 12.2. The van der Waals surface area contributed by atoms with Gasteiger partial charge in [0.25, 0.3) is 5.91 Å². The molecule has 0 saturated heterocycles. The number of carbonyl (C=O) groups excluding carboxylic acids is 1. The van der Waals surface area contributed by atoms with Crippen LogP contribution in [0.5, 0.6) is 0 Å². The summed E-state index contributed by atoms with van der Waals surface area (Å²) in [6, 6.07) is 10.3. The van der Waals surface area contributed by atoms with Crippen LogP contribution in [0.1, 0.15) is 11.3 Å². The first-order valence-corrected chi connectivity index (χ1v) is 7.11. The van der Waals surface area contributed by atoms with Crippen LogP contribution in [-0.2, 0) is 4.79 Å². The molecule has 0 aliphatic rings. The van der Waals surface area contributed by atoms with E-state index in [9.17, 15) is 4.79 Å². The Morgan fingerprint density at radius 1 is 1.43 bits per heavy atom. The monoisotopic (exact) mass is 364 g/mol. The van der Waals surface area contributed by atoms with E-state index in [0.717, 1.165) is 5.56 Å². The van der Waals surface area contributed by atoms with Gasteiger partial charge in [0.05, 0.1) is 0 Å². The average molecular weight is 366 g/mol. The molecule has 0 radical (unpaired) electrons. The van der Waals surface area contributed by atoms with Crippen molar-refractivity contribution in [3.63, 3.8) is 0 Å². The van der Waals surface area contributed by atoms with E-state index in [1.807, 2.05) is 13.0 Å². The molecule has 4 nitrogen and oxygen atoms in total. The molecule has 0 spiro atoms. The van der Waals surface area contributed by atoms with E-state index in [2.05, 4.69) is 21.2 Å². The number of anilines is 1. The molecule has 1 aromatic heterocycles. The molecule has 1 heterocycles. The number of furan rings is 1. The maximum absolute atomic E-state index is 12.1. The van der Waals surface area contributed by atoms with Gasteiger partial charge in [-0.3, -0.25) is 4.79 Å². The number of benzene rings is 1. The molecular weight excluding hydrogens is 356 g/mol. The van der Waals surface area contributed by atoms with Gasteiger partial charge in [0.15, 0.2) is 4.67 Å². The zero-order valence-corrected chi connectivity index (χ0v) is 13.3. The summed E-state index contributed by atoms with van der Waals surface area (Å²) in [6.45, 7) is 1.86. The second kappa shape index (κ2) is 6.61. The molecule has 2 rings (SSSR count). The van der Waals surface area contributed by atoms with Crippen LogP contribution in [0.3, 0.4) is 0 Å². The zero-order valence-electron chi connectivity index (χ0n) is 11.0. The summed E-state index contributed by atoms with van der Waals surface area (Å²) in [6.07, 6.45) is 1.37. The molecule has 0 aliphatic carbocycles.